The van der Waals surface area contributed by atoms with Crippen LogP contribution < -0.4 is 0 Å². The van der Waals surface area contributed by atoms with Crippen LogP contribution in [0.2, 0.25) is 0 Å². The summed E-state index contributed by atoms with van der Waals surface area (Å²) in [6.07, 6.45) is 1.71. The van der Waals surface area contributed by atoms with Crippen LogP contribution in [0.1, 0.15) is 24.3 Å². The number of methoxy groups -OCH3 is 1. The Bertz CT molecular complexity index is 570. The molecule has 112 valence electrons. The lowest BCUT2D eigenvalue weighted by molar-refractivity contribution is -0.559. The van der Waals surface area contributed by atoms with Crippen LogP contribution in [0.25, 0.3) is 0 Å². The number of nitrogens with zero attached hydrogens (tertiary/aromatic N) is 3. The van der Waals surface area contributed by atoms with E-state index in [1.54, 1.807) is 13.3 Å². The summed E-state index contributed by atoms with van der Waals surface area (Å²) in [6, 6.07) is 1.96. The molecule has 2 rings (SSSR count). The number of ether oxygens (including phenoxy) is 1. The number of piperazine rings is 1. The molecule has 21 heavy (non-hydrogen) atoms. The van der Waals surface area contributed by atoms with Gasteiger partial charge in [-0.05, 0) is 28.9 Å². The summed E-state index contributed by atoms with van der Waals surface area (Å²) in [5, 5.41) is 0. The molecule has 0 amide bonds. The van der Waals surface area contributed by atoms with E-state index in [9.17, 15) is 4.91 Å². The summed E-state index contributed by atoms with van der Waals surface area (Å²) >= 11 is 3.50. The predicted octanol–water partition coefficient (Wildman–Crippen LogP) is 2.00. The Kier molecular flexibility index (Phi) is 5.85. The second-order valence-corrected chi connectivity index (χ2v) is 5.83. The molecular formula is C15H19BrN3O2+. The smallest absolute Gasteiger partial charge is 0.204 e. The van der Waals surface area contributed by atoms with E-state index in [1.807, 2.05) is 13.0 Å². The predicted molar refractivity (Wildman–Crippen MR) is 84.0 cm³/mol. The average Bonchev–Trinajstić information content (AvgIpc) is 2.49. The van der Waals surface area contributed by atoms with Crippen molar-refractivity contribution >= 4 is 15.9 Å². The number of aromatic nitrogens is 1. The van der Waals surface area contributed by atoms with Crippen LogP contribution in [-0.2, 0) is 4.74 Å². The van der Waals surface area contributed by atoms with Crippen LogP contribution in [-0.4, -0.2) is 54.5 Å². The number of rotatable bonds is 3. The van der Waals surface area contributed by atoms with Crippen LogP contribution >= 0.6 is 15.9 Å². The monoisotopic (exact) mass is 352 g/mol. The van der Waals surface area contributed by atoms with Crippen molar-refractivity contribution in [3.05, 3.63) is 32.9 Å². The van der Waals surface area contributed by atoms with Crippen LogP contribution in [0.4, 0.5) is 0 Å². The van der Waals surface area contributed by atoms with Crippen molar-refractivity contribution in [2.45, 2.75) is 13.0 Å². The molecule has 0 spiro atoms. The van der Waals surface area contributed by atoms with Gasteiger partial charge in [0, 0.05) is 33.0 Å². The zero-order valence-corrected chi connectivity index (χ0v) is 13.9. The van der Waals surface area contributed by atoms with Crippen molar-refractivity contribution in [2.75, 3.05) is 39.8 Å². The Labute approximate surface area is 133 Å². The first kappa shape index (κ1) is 16.1. The summed E-state index contributed by atoms with van der Waals surface area (Å²) in [5.41, 5.74) is 1.74. The molecule has 1 atom stereocenters. The van der Waals surface area contributed by atoms with Crippen molar-refractivity contribution in [2.24, 2.45) is 0 Å². The van der Waals surface area contributed by atoms with E-state index < -0.39 is 0 Å². The summed E-state index contributed by atoms with van der Waals surface area (Å²) in [7, 11) is 1.66. The molecule has 0 aromatic carbocycles. The lowest BCUT2D eigenvalue weighted by Gasteiger charge is -2.18. The van der Waals surface area contributed by atoms with E-state index in [-0.39, 0.29) is 6.10 Å². The molecule has 0 saturated carbocycles. The molecule has 2 heterocycles. The quantitative estimate of drug-likeness (QED) is 0.616. The van der Waals surface area contributed by atoms with Gasteiger partial charge < -0.3 is 4.74 Å². The van der Waals surface area contributed by atoms with E-state index in [1.165, 1.54) is 0 Å². The summed E-state index contributed by atoms with van der Waals surface area (Å²) in [6.45, 7) is 5.33. The van der Waals surface area contributed by atoms with Gasteiger partial charge in [0.1, 0.15) is 0 Å². The highest BCUT2D eigenvalue weighted by Gasteiger charge is 2.19. The van der Waals surface area contributed by atoms with Gasteiger partial charge in [0.2, 0.25) is 13.1 Å². The van der Waals surface area contributed by atoms with Gasteiger partial charge in [-0.15, -0.1) is 0 Å². The Balaban J connectivity index is 1.96. The highest BCUT2D eigenvalue weighted by Crippen LogP contribution is 2.23. The fraction of sp³-hybridized carbons (Fsp3) is 0.533. The molecule has 1 unspecified atom stereocenters. The summed E-state index contributed by atoms with van der Waals surface area (Å²) in [5.74, 6) is 6.25. The maximum absolute atomic E-state index is 11.1. The zero-order valence-electron chi connectivity index (χ0n) is 12.3. The third-order valence-corrected chi connectivity index (χ3v) is 4.11. The van der Waals surface area contributed by atoms with Gasteiger partial charge in [0.15, 0.2) is 0 Å². The fourth-order valence-electron chi connectivity index (χ4n) is 2.07. The molecule has 1 aliphatic heterocycles. The zero-order chi connectivity index (χ0) is 15.2. The second-order valence-electron chi connectivity index (χ2n) is 4.98. The molecule has 0 N–H and O–H groups in total. The molecule has 1 aromatic heterocycles. The Morgan fingerprint density at radius 3 is 2.86 bits per heavy atom. The van der Waals surface area contributed by atoms with Gasteiger partial charge in [0.25, 0.3) is 0 Å². The largest absolute Gasteiger partial charge is 0.375 e. The number of hydrogen-bond acceptors (Lipinski definition) is 4. The van der Waals surface area contributed by atoms with E-state index >= 15 is 0 Å². The van der Waals surface area contributed by atoms with Gasteiger partial charge >= 0.3 is 0 Å². The maximum Gasteiger partial charge on any atom is 0.204 e. The molecule has 0 bridgehead atoms. The first-order valence-electron chi connectivity index (χ1n) is 6.91. The van der Waals surface area contributed by atoms with Gasteiger partial charge in [-0.3, -0.25) is 9.88 Å². The molecule has 5 nitrogen and oxygen atoms in total. The minimum Gasteiger partial charge on any atom is -0.375 e. The molecule has 1 saturated heterocycles. The van der Waals surface area contributed by atoms with E-state index in [0.29, 0.717) is 19.6 Å². The van der Waals surface area contributed by atoms with Crippen molar-refractivity contribution in [3.63, 3.8) is 0 Å². The summed E-state index contributed by atoms with van der Waals surface area (Å²) in [4.78, 5) is 17.7. The van der Waals surface area contributed by atoms with Crippen molar-refractivity contribution in [3.8, 4) is 11.8 Å². The molecule has 6 heteroatoms. The first-order chi connectivity index (χ1) is 10.1. The SMILES string of the molecule is COC(C)c1ncc(C#CCN2CC[N+](=O)CC2)cc1Br. The van der Waals surface area contributed by atoms with Crippen LogP contribution in [0, 0.1) is 16.7 Å². The van der Waals surface area contributed by atoms with Crippen LogP contribution in [0.5, 0.6) is 0 Å². The number of pyridine rings is 1. The van der Waals surface area contributed by atoms with Crippen LogP contribution in [0.3, 0.4) is 0 Å². The minimum absolute atomic E-state index is 0.0511. The Morgan fingerprint density at radius 2 is 2.24 bits per heavy atom. The van der Waals surface area contributed by atoms with Crippen molar-refractivity contribution < 1.29 is 9.50 Å². The van der Waals surface area contributed by atoms with Crippen LogP contribution in [0.15, 0.2) is 16.7 Å². The molecular weight excluding hydrogens is 334 g/mol. The second kappa shape index (κ2) is 7.64. The Hall–Kier alpha value is -1.29. The average molecular weight is 353 g/mol. The molecule has 0 aliphatic carbocycles. The minimum atomic E-state index is -0.0511. The molecule has 1 aromatic rings. The number of hydrogen-bond donors (Lipinski definition) is 0. The lowest BCUT2D eigenvalue weighted by Crippen LogP contribution is -2.41. The number of halogens is 1. The van der Waals surface area contributed by atoms with Gasteiger partial charge in [0.05, 0.1) is 31.4 Å². The summed E-state index contributed by atoms with van der Waals surface area (Å²) < 4.78 is 7.27. The lowest BCUT2D eigenvalue weighted by atomic mass is 10.2. The first-order valence-corrected chi connectivity index (χ1v) is 7.71. The highest BCUT2D eigenvalue weighted by molar-refractivity contribution is 9.10. The fourth-order valence-corrected chi connectivity index (χ4v) is 2.74. The van der Waals surface area contributed by atoms with Crippen molar-refractivity contribution in [1.82, 2.24) is 9.88 Å². The van der Waals surface area contributed by atoms with E-state index in [2.05, 4.69) is 37.7 Å². The third kappa shape index (κ3) is 4.60. The maximum atomic E-state index is 11.1. The molecule has 0 radical (unpaired) electrons. The van der Waals surface area contributed by atoms with Crippen molar-refractivity contribution in [1.29, 1.82) is 0 Å². The number of nitroso groups, excluding NO2 is 1. The van der Waals surface area contributed by atoms with E-state index in [0.717, 1.165) is 33.6 Å². The standard InChI is InChI=1S/C15H19BrN3O2/c1-12(21-2)15-14(16)10-13(11-17-15)4-3-5-18-6-8-19(20)9-7-18/h10-12H,5-9H2,1-2H3/q+1. The highest BCUT2D eigenvalue weighted by atomic mass is 79.9. The molecule has 1 fully saturated rings. The van der Waals surface area contributed by atoms with E-state index in [4.69, 9.17) is 4.74 Å². The van der Waals surface area contributed by atoms with Gasteiger partial charge in [-0.25, -0.2) is 0 Å². The molecule has 1 aliphatic rings. The normalized spacial score (nSPS) is 17.2. The van der Waals surface area contributed by atoms with Gasteiger partial charge in [-0.2, -0.15) is 0 Å². The third-order valence-electron chi connectivity index (χ3n) is 3.47. The van der Waals surface area contributed by atoms with Gasteiger partial charge in [-0.1, -0.05) is 11.8 Å². The topological polar surface area (TPSA) is 45.4 Å². The Morgan fingerprint density at radius 1 is 1.52 bits per heavy atom.